The van der Waals surface area contributed by atoms with Gasteiger partial charge in [0, 0.05) is 0 Å². The zero-order valence-corrected chi connectivity index (χ0v) is 8.53. The quantitative estimate of drug-likeness (QED) is 0.865. The number of benzene rings is 1. The third kappa shape index (κ3) is 2.53. The molecule has 1 rings (SSSR count). The number of carboxylic acids is 1. The highest BCUT2D eigenvalue weighted by molar-refractivity contribution is 5.76. The number of carboxylic acid groups (broad SMARTS) is 1. The van der Waals surface area contributed by atoms with E-state index in [4.69, 9.17) is 5.11 Å². The summed E-state index contributed by atoms with van der Waals surface area (Å²) in [5.74, 6) is -2.18. The van der Waals surface area contributed by atoms with Gasteiger partial charge in [-0.05, 0) is 18.1 Å². The molecule has 2 unspecified atom stereocenters. The van der Waals surface area contributed by atoms with Crippen LogP contribution in [0.4, 0.5) is 13.2 Å². The van der Waals surface area contributed by atoms with Crippen molar-refractivity contribution in [3.05, 3.63) is 35.4 Å². The summed E-state index contributed by atoms with van der Waals surface area (Å²) >= 11 is 0. The van der Waals surface area contributed by atoms with Crippen molar-refractivity contribution in [2.45, 2.75) is 25.4 Å². The lowest BCUT2D eigenvalue weighted by molar-refractivity contribution is -0.138. The molecule has 88 valence electrons. The first-order valence-electron chi connectivity index (χ1n) is 4.69. The molecule has 0 fully saturated rings. The summed E-state index contributed by atoms with van der Waals surface area (Å²) < 4.78 is 37.7. The number of rotatable bonds is 4. The maximum Gasteiger partial charge on any atom is 0.310 e. The fourth-order valence-electron chi connectivity index (χ4n) is 1.43. The van der Waals surface area contributed by atoms with Crippen molar-refractivity contribution < 1.29 is 23.1 Å². The van der Waals surface area contributed by atoms with Crippen molar-refractivity contribution in [3.63, 3.8) is 0 Å². The van der Waals surface area contributed by atoms with E-state index in [1.54, 1.807) is 0 Å². The summed E-state index contributed by atoms with van der Waals surface area (Å²) in [4.78, 5) is 10.7. The summed E-state index contributed by atoms with van der Waals surface area (Å²) in [5, 5.41) is 8.77. The van der Waals surface area contributed by atoms with Crippen LogP contribution < -0.4 is 0 Å². The molecule has 5 heteroatoms. The Bertz CT molecular complexity index is 379. The summed E-state index contributed by atoms with van der Waals surface area (Å²) in [5.41, 5.74) is -0.171. The zero-order chi connectivity index (χ0) is 12.3. The van der Waals surface area contributed by atoms with E-state index in [1.807, 2.05) is 0 Å². The zero-order valence-electron chi connectivity index (χ0n) is 8.53. The monoisotopic (exact) mass is 232 g/mol. The van der Waals surface area contributed by atoms with Gasteiger partial charge in [0.1, 0.15) is 0 Å². The minimum Gasteiger partial charge on any atom is -0.481 e. The molecule has 0 radical (unpaired) electrons. The molecule has 1 aromatic carbocycles. The van der Waals surface area contributed by atoms with Gasteiger partial charge in [0.2, 0.25) is 0 Å². The topological polar surface area (TPSA) is 37.3 Å². The summed E-state index contributed by atoms with van der Waals surface area (Å²) in [7, 11) is 0. The normalized spacial score (nSPS) is 14.8. The first kappa shape index (κ1) is 12.5. The van der Waals surface area contributed by atoms with Crippen LogP contribution in [0.15, 0.2) is 24.3 Å². The highest BCUT2D eigenvalue weighted by atomic mass is 19.3. The van der Waals surface area contributed by atoms with E-state index in [2.05, 4.69) is 0 Å². The number of halogens is 3. The van der Waals surface area contributed by atoms with E-state index in [0.717, 1.165) is 0 Å². The van der Waals surface area contributed by atoms with E-state index in [1.165, 1.54) is 31.2 Å². The van der Waals surface area contributed by atoms with Crippen LogP contribution in [0.25, 0.3) is 0 Å². The smallest absolute Gasteiger partial charge is 0.310 e. The van der Waals surface area contributed by atoms with Crippen molar-refractivity contribution in [1.82, 2.24) is 0 Å². The lowest BCUT2D eigenvalue weighted by atomic mass is 9.93. The molecule has 1 N–H and O–H groups in total. The molecular formula is C11H11F3O2. The third-order valence-corrected chi connectivity index (χ3v) is 2.35. The Balaban J connectivity index is 3.14. The molecule has 0 saturated carbocycles. The van der Waals surface area contributed by atoms with Crippen molar-refractivity contribution >= 4 is 5.97 Å². The Morgan fingerprint density at radius 3 is 2.12 bits per heavy atom. The van der Waals surface area contributed by atoms with E-state index >= 15 is 0 Å². The molecule has 0 bridgehead atoms. The highest BCUT2D eigenvalue weighted by Crippen LogP contribution is 2.31. The molecule has 0 aliphatic carbocycles. The lowest BCUT2D eigenvalue weighted by Crippen LogP contribution is -2.13. The van der Waals surface area contributed by atoms with Gasteiger partial charge < -0.3 is 5.11 Å². The van der Waals surface area contributed by atoms with Crippen LogP contribution in [0, 0.1) is 0 Å². The summed E-state index contributed by atoms with van der Waals surface area (Å²) in [6, 6.07) is 5.44. The van der Waals surface area contributed by atoms with E-state index < -0.39 is 24.5 Å². The van der Waals surface area contributed by atoms with Crippen LogP contribution in [0.2, 0.25) is 0 Å². The Morgan fingerprint density at radius 2 is 1.69 bits per heavy atom. The molecule has 2 nitrogen and oxygen atoms in total. The van der Waals surface area contributed by atoms with E-state index in [-0.39, 0.29) is 11.1 Å². The minimum atomic E-state index is -3.15. The van der Waals surface area contributed by atoms with Gasteiger partial charge in [0.25, 0.3) is 6.43 Å². The maximum absolute atomic E-state index is 13.2. The standard InChI is InChI=1S/C11H11F3O2/c1-6(11(15)16)7-4-2-3-5-8(7)9(12)10(13)14/h2-6,9-10H,1H3,(H,15,16). The molecule has 2 atom stereocenters. The number of hydrogen-bond donors (Lipinski definition) is 1. The molecule has 0 saturated heterocycles. The van der Waals surface area contributed by atoms with Gasteiger partial charge in [-0.25, -0.2) is 13.2 Å². The fraction of sp³-hybridized carbons (Fsp3) is 0.364. The molecule has 0 aliphatic rings. The van der Waals surface area contributed by atoms with Crippen LogP contribution in [-0.4, -0.2) is 17.5 Å². The van der Waals surface area contributed by atoms with Gasteiger partial charge in [-0.15, -0.1) is 0 Å². The van der Waals surface area contributed by atoms with Crippen molar-refractivity contribution in [3.8, 4) is 0 Å². The number of aliphatic carboxylic acids is 1. The Hall–Kier alpha value is -1.52. The van der Waals surface area contributed by atoms with E-state index in [9.17, 15) is 18.0 Å². The Labute approximate surface area is 90.7 Å². The molecule has 0 aliphatic heterocycles. The largest absolute Gasteiger partial charge is 0.481 e. The first-order valence-corrected chi connectivity index (χ1v) is 4.69. The average Bonchev–Trinajstić information content (AvgIpc) is 2.26. The van der Waals surface area contributed by atoms with Crippen LogP contribution in [0.3, 0.4) is 0 Å². The van der Waals surface area contributed by atoms with Crippen molar-refractivity contribution in [2.75, 3.05) is 0 Å². The van der Waals surface area contributed by atoms with Gasteiger partial charge in [-0.2, -0.15) is 0 Å². The van der Waals surface area contributed by atoms with Crippen molar-refractivity contribution in [1.29, 1.82) is 0 Å². The SMILES string of the molecule is CC(C(=O)O)c1ccccc1C(F)C(F)F. The van der Waals surface area contributed by atoms with Crippen LogP contribution in [-0.2, 0) is 4.79 Å². The second kappa shape index (κ2) is 5.01. The van der Waals surface area contributed by atoms with E-state index in [0.29, 0.717) is 0 Å². The fourth-order valence-corrected chi connectivity index (χ4v) is 1.43. The van der Waals surface area contributed by atoms with Gasteiger partial charge in [0.05, 0.1) is 5.92 Å². The molecule has 0 heterocycles. The second-order valence-corrected chi connectivity index (χ2v) is 3.43. The third-order valence-electron chi connectivity index (χ3n) is 2.35. The maximum atomic E-state index is 13.2. The van der Waals surface area contributed by atoms with Gasteiger partial charge in [0.15, 0.2) is 6.17 Å². The van der Waals surface area contributed by atoms with Crippen LogP contribution in [0.1, 0.15) is 30.1 Å². The van der Waals surface area contributed by atoms with Crippen LogP contribution >= 0.6 is 0 Å². The molecule has 0 amide bonds. The molecule has 16 heavy (non-hydrogen) atoms. The molecule has 0 aromatic heterocycles. The molecular weight excluding hydrogens is 221 g/mol. The predicted octanol–water partition coefficient (Wildman–Crippen LogP) is 3.15. The number of alkyl halides is 3. The molecule has 1 aromatic rings. The minimum absolute atomic E-state index is 0.0859. The second-order valence-electron chi connectivity index (χ2n) is 3.43. The van der Waals surface area contributed by atoms with Crippen LogP contribution in [0.5, 0.6) is 0 Å². The average molecular weight is 232 g/mol. The first-order chi connectivity index (χ1) is 7.45. The Morgan fingerprint density at radius 1 is 1.19 bits per heavy atom. The summed E-state index contributed by atoms with van der Waals surface area (Å²) in [6.07, 6.45) is -5.60. The predicted molar refractivity (Wildman–Crippen MR) is 52.3 cm³/mol. The van der Waals surface area contributed by atoms with Gasteiger partial charge in [-0.1, -0.05) is 24.3 Å². The van der Waals surface area contributed by atoms with Crippen molar-refractivity contribution in [2.24, 2.45) is 0 Å². The molecule has 0 spiro atoms. The Kier molecular flexibility index (Phi) is 3.93. The summed E-state index contributed by atoms with van der Waals surface area (Å²) in [6.45, 7) is 1.33. The van der Waals surface area contributed by atoms with Gasteiger partial charge >= 0.3 is 5.97 Å². The van der Waals surface area contributed by atoms with Gasteiger partial charge in [-0.3, -0.25) is 4.79 Å². The lowest BCUT2D eigenvalue weighted by Gasteiger charge is -2.15. The number of carbonyl (C=O) groups is 1. The number of hydrogen-bond acceptors (Lipinski definition) is 1. The highest BCUT2D eigenvalue weighted by Gasteiger charge is 2.27.